The highest BCUT2D eigenvalue weighted by atomic mass is 79.9. The average Bonchev–Trinajstić information content (AvgIpc) is 2.04. The van der Waals surface area contributed by atoms with Crippen LogP contribution in [0.1, 0.15) is 5.56 Å². The topological polar surface area (TPSA) is 21.3 Å². The number of nitrogens with one attached hydrogen (secondary N) is 1. The minimum Gasteiger partial charge on any atom is -0.407 e. The molecule has 2 rings (SSSR count). The van der Waals surface area contributed by atoms with E-state index in [1.807, 2.05) is 12.1 Å². The highest BCUT2D eigenvalue weighted by Crippen LogP contribution is 2.33. The fourth-order valence-electron chi connectivity index (χ4n) is 1.22. The van der Waals surface area contributed by atoms with Gasteiger partial charge in [-0.2, -0.15) is 5.48 Å². The van der Waals surface area contributed by atoms with Crippen molar-refractivity contribution >= 4 is 27.5 Å². The first-order chi connectivity index (χ1) is 5.77. The summed E-state index contributed by atoms with van der Waals surface area (Å²) < 4.78 is 0.900. The van der Waals surface area contributed by atoms with Crippen molar-refractivity contribution in [2.75, 3.05) is 6.54 Å². The molecule has 0 spiro atoms. The van der Waals surface area contributed by atoms with Gasteiger partial charge in [-0.1, -0.05) is 11.6 Å². The van der Waals surface area contributed by atoms with Crippen LogP contribution >= 0.6 is 27.5 Å². The second-order valence-corrected chi connectivity index (χ2v) is 3.91. The zero-order chi connectivity index (χ0) is 8.55. The van der Waals surface area contributed by atoms with Gasteiger partial charge in [0, 0.05) is 17.1 Å². The Kier molecular flexibility index (Phi) is 2.26. The first-order valence-electron chi connectivity index (χ1n) is 3.65. The van der Waals surface area contributed by atoms with Crippen molar-refractivity contribution in [1.82, 2.24) is 5.48 Å². The first kappa shape index (κ1) is 8.35. The predicted octanol–water partition coefficient (Wildman–Crippen LogP) is 2.54. The second kappa shape index (κ2) is 3.24. The van der Waals surface area contributed by atoms with Gasteiger partial charge < -0.3 is 4.84 Å². The molecule has 0 bridgehead atoms. The molecule has 0 fully saturated rings. The van der Waals surface area contributed by atoms with Crippen LogP contribution in [0.15, 0.2) is 16.6 Å². The highest BCUT2D eigenvalue weighted by molar-refractivity contribution is 9.10. The summed E-state index contributed by atoms with van der Waals surface area (Å²) in [5, 5.41) is 0.742. The Morgan fingerprint density at radius 1 is 1.50 bits per heavy atom. The van der Waals surface area contributed by atoms with Crippen LogP contribution in [-0.4, -0.2) is 6.54 Å². The lowest BCUT2D eigenvalue weighted by Gasteiger charge is -2.18. The number of hydroxylamine groups is 1. The van der Waals surface area contributed by atoms with Gasteiger partial charge in [-0.15, -0.1) is 0 Å². The number of halogens is 2. The van der Waals surface area contributed by atoms with E-state index >= 15 is 0 Å². The van der Waals surface area contributed by atoms with Gasteiger partial charge in [0.05, 0.1) is 4.47 Å². The molecule has 0 radical (unpaired) electrons. The zero-order valence-corrected chi connectivity index (χ0v) is 8.58. The van der Waals surface area contributed by atoms with Gasteiger partial charge in [0.25, 0.3) is 0 Å². The molecule has 1 aromatic rings. The molecular formula is C8H7BrClNO. The van der Waals surface area contributed by atoms with Crippen molar-refractivity contribution in [2.45, 2.75) is 6.42 Å². The molecule has 1 N–H and O–H groups in total. The summed E-state index contributed by atoms with van der Waals surface area (Å²) >= 11 is 9.26. The maximum absolute atomic E-state index is 5.88. The Hall–Kier alpha value is -0.250. The molecule has 12 heavy (non-hydrogen) atoms. The Labute approximate surface area is 83.9 Å². The Morgan fingerprint density at radius 3 is 3.17 bits per heavy atom. The summed E-state index contributed by atoms with van der Waals surface area (Å²) in [5.41, 5.74) is 3.97. The van der Waals surface area contributed by atoms with Crippen molar-refractivity contribution in [3.05, 3.63) is 27.2 Å². The van der Waals surface area contributed by atoms with Crippen LogP contribution in [0, 0.1) is 0 Å². The summed E-state index contributed by atoms with van der Waals surface area (Å²) in [6, 6.07) is 3.76. The fraction of sp³-hybridized carbons (Fsp3) is 0.250. The second-order valence-electron chi connectivity index (χ2n) is 2.62. The largest absolute Gasteiger partial charge is 0.407 e. The SMILES string of the molecule is Clc1cc(Br)c2c(c1)CCNO2. The molecule has 0 unspecified atom stereocenters. The molecule has 2 nitrogen and oxygen atoms in total. The van der Waals surface area contributed by atoms with Gasteiger partial charge in [-0.05, 0) is 34.5 Å². The minimum absolute atomic E-state index is 0.742. The summed E-state index contributed by atoms with van der Waals surface area (Å²) in [6.07, 6.45) is 0.953. The quantitative estimate of drug-likeness (QED) is 0.762. The molecule has 0 saturated carbocycles. The van der Waals surface area contributed by atoms with E-state index in [4.69, 9.17) is 16.4 Å². The lowest BCUT2D eigenvalue weighted by molar-refractivity contribution is 0.178. The van der Waals surface area contributed by atoms with E-state index in [-0.39, 0.29) is 0 Å². The molecular weight excluding hydrogens is 241 g/mol. The smallest absolute Gasteiger partial charge is 0.164 e. The van der Waals surface area contributed by atoms with Crippen molar-refractivity contribution in [2.24, 2.45) is 0 Å². The van der Waals surface area contributed by atoms with E-state index < -0.39 is 0 Å². The van der Waals surface area contributed by atoms with Gasteiger partial charge >= 0.3 is 0 Å². The molecule has 64 valence electrons. The lowest BCUT2D eigenvalue weighted by Crippen LogP contribution is -2.26. The standard InChI is InChI=1S/C8H7BrClNO/c9-7-4-6(10)3-5-1-2-11-12-8(5)7/h3-4,11H,1-2H2. The number of benzene rings is 1. The van der Waals surface area contributed by atoms with E-state index in [2.05, 4.69) is 21.4 Å². The van der Waals surface area contributed by atoms with Crippen LogP contribution in [0.2, 0.25) is 5.02 Å². The third kappa shape index (κ3) is 1.44. The van der Waals surface area contributed by atoms with E-state index in [1.165, 1.54) is 0 Å². The van der Waals surface area contributed by atoms with Crippen LogP contribution in [-0.2, 0) is 6.42 Å². The number of rotatable bonds is 0. The number of fused-ring (bicyclic) bond motifs is 1. The maximum Gasteiger partial charge on any atom is 0.164 e. The molecule has 4 heteroatoms. The van der Waals surface area contributed by atoms with Crippen LogP contribution in [0.5, 0.6) is 5.75 Å². The van der Waals surface area contributed by atoms with Crippen LogP contribution in [0.3, 0.4) is 0 Å². The average molecular weight is 249 g/mol. The van der Waals surface area contributed by atoms with Gasteiger partial charge in [0.2, 0.25) is 0 Å². The summed E-state index contributed by atoms with van der Waals surface area (Å²) in [5.74, 6) is 0.852. The number of hydrogen-bond donors (Lipinski definition) is 1. The molecule has 1 aliphatic rings. The summed E-state index contributed by atoms with van der Waals surface area (Å²) in [4.78, 5) is 5.25. The van der Waals surface area contributed by atoms with Crippen LogP contribution in [0.25, 0.3) is 0 Å². The first-order valence-corrected chi connectivity index (χ1v) is 4.82. The van der Waals surface area contributed by atoms with E-state index in [9.17, 15) is 0 Å². The Morgan fingerprint density at radius 2 is 2.33 bits per heavy atom. The molecule has 0 saturated heterocycles. The molecule has 1 aromatic carbocycles. The van der Waals surface area contributed by atoms with Crippen LogP contribution < -0.4 is 10.3 Å². The normalized spacial score (nSPS) is 15.2. The van der Waals surface area contributed by atoms with Gasteiger partial charge in [-0.25, -0.2) is 0 Å². The monoisotopic (exact) mass is 247 g/mol. The Bertz CT molecular complexity index is 316. The van der Waals surface area contributed by atoms with Crippen molar-refractivity contribution in [1.29, 1.82) is 0 Å². The van der Waals surface area contributed by atoms with Gasteiger partial charge in [0.15, 0.2) is 5.75 Å². The maximum atomic E-state index is 5.88. The lowest BCUT2D eigenvalue weighted by atomic mass is 10.1. The predicted molar refractivity (Wildman–Crippen MR) is 51.5 cm³/mol. The highest BCUT2D eigenvalue weighted by Gasteiger charge is 2.14. The molecule has 0 aromatic heterocycles. The van der Waals surface area contributed by atoms with E-state index in [1.54, 1.807) is 0 Å². The molecule has 0 atom stereocenters. The Balaban J connectivity index is 2.53. The summed E-state index contributed by atoms with van der Waals surface area (Å²) in [6.45, 7) is 0.833. The third-order valence-corrected chi connectivity index (χ3v) is 2.56. The van der Waals surface area contributed by atoms with E-state index in [0.29, 0.717) is 0 Å². The molecule has 1 heterocycles. The summed E-state index contributed by atoms with van der Waals surface area (Å²) in [7, 11) is 0. The van der Waals surface area contributed by atoms with Crippen molar-refractivity contribution in [3.8, 4) is 5.75 Å². The van der Waals surface area contributed by atoms with Gasteiger partial charge in [0.1, 0.15) is 0 Å². The number of hydrogen-bond acceptors (Lipinski definition) is 2. The van der Waals surface area contributed by atoms with Gasteiger partial charge in [-0.3, -0.25) is 0 Å². The zero-order valence-electron chi connectivity index (χ0n) is 6.23. The van der Waals surface area contributed by atoms with E-state index in [0.717, 1.165) is 33.8 Å². The third-order valence-electron chi connectivity index (χ3n) is 1.76. The molecule has 0 aliphatic carbocycles. The minimum atomic E-state index is 0.742. The fourth-order valence-corrected chi connectivity index (χ4v) is 2.18. The van der Waals surface area contributed by atoms with Crippen molar-refractivity contribution < 1.29 is 4.84 Å². The van der Waals surface area contributed by atoms with Crippen molar-refractivity contribution in [3.63, 3.8) is 0 Å². The molecule has 0 amide bonds. The molecule has 1 aliphatic heterocycles. The van der Waals surface area contributed by atoms with Crippen LogP contribution in [0.4, 0.5) is 0 Å².